The summed E-state index contributed by atoms with van der Waals surface area (Å²) in [4.78, 5) is 23.1. The molecule has 108 valence electrons. The molecule has 1 fully saturated rings. The van der Waals surface area contributed by atoms with E-state index in [-0.39, 0.29) is 34.2 Å². The van der Waals surface area contributed by atoms with Crippen LogP contribution < -0.4 is 5.32 Å². The summed E-state index contributed by atoms with van der Waals surface area (Å²) in [5.41, 5.74) is -0.136. The normalized spacial score (nSPS) is 20.6. The number of carbonyl (C=O) groups excluding carboxylic acids is 1. The molecule has 8 heteroatoms. The zero-order valence-corrected chi connectivity index (χ0v) is 11.9. The minimum Gasteiger partial charge on any atom is -0.478 e. The Kier molecular flexibility index (Phi) is 4.01. The van der Waals surface area contributed by atoms with Gasteiger partial charge in [-0.25, -0.2) is 13.2 Å². The van der Waals surface area contributed by atoms with Crippen LogP contribution in [0.5, 0.6) is 0 Å². The molecule has 20 heavy (non-hydrogen) atoms. The summed E-state index contributed by atoms with van der Waals surface area (Å²) in [6, 6.07) is 4.23. The maximum absolute atomic E-state index is 12.0. The number of benzene rings is 1. The number of carboxylic acids is 1. The van der Waals surface area contributed by atoms with E-state index >= 15 is 0 Å². The number of nitrogens with one attached hydrogen (secondary N) is 1. The van der Waals surface area contributed by atoms with Crippen LogP contribution in [-0.2, 0) is 14.6 Å². The lowest BCUT2D eigenvalue weighted by Crippen LogP contribution is -2.25. The molecule has 0 radical (unpaired) electrons. The van der Waals surface area contributed by atoms with Crippen LogP contribution in [0.25, 0.3) is 0 Å². The lowest BCUT2D eigenvalue weighted by molar-refractivity contribution is -0.119. The largest absolute Gasteiger partial charge is 0.478 e. The zero-order chi connectivity index (χ0) is 14.9. The minimum atomic E-state index is -3.18. The highest BCUT2D eigenvalue weighted by Crippen LogP contribution is 2.28. The van der Waals surface area contributed by atoms with E-state index in [2.05, 4.69) is 5.32 Å². The van der Waals surface area contributed by atoms with Crippen LogP contribution in [0.15, 0.2) is 18.2 Å². The summed E-state index contributed by atoms with van der Waals surface area (Å²) in [7, 11) is -3.18. The third-order valence-electron chi connectivity index (χ3n) is 3.10. The maximum Gasteiger partial charge on any atom is 0.337 e. The predicted molar refractivity (Wildman–Crippen MR) is 73.8 cm³/mol. The molecule has 1 amide bonds. The van der Waals surface area contributed by atoms with Crippen LogP contribution >= 0.6 is 11.6 Å². The number of aromatic carboxylic acids is 1. The first kappa shape index (κ1) is 14.8. The van der Waals surface area contributed by atoms with Gasteiger partial charge in [-0.3, -0.25) is 4.79 Å². The van der Waals surface area contributed by atoms with E-state index < -0.39 is 27.6 Å². The van der Waals surface area contributed by atoms with Gasteiger partial charge in [-0.2, -0.15) is 0 Å². The van der Waals surface area contributed by atoms with Crippen LogP contribution in [0.3, 0.4) is 0 Å². The maximum atomic E-state index is 12.0. The monoisotopic (exact) mass is 317 g/mol. The van der Waals surface area contributed by atoms with Gasteiger partial charge in [0, 0.05) is 0 Å². The highest BCUT2D eigenvalue weighted by atomic mass is 35.5. The van der Waals surface area contributed by atoms with Crippen LogP contribution in [0.4, 0.5) is 5.69 Å². The van der Waals surface area contributed by atoms with Gasteiger partial charge in [0.15, 0.2) is 9.84 Å². The molecule has 0 bridgehead atoms. The van der Waals surface area contributed by atoms with Gasteiger partial charge in [-0.15, -0.1) is 0 Å². The standard InChI is InChI=1S/C12H12ClNO5S/c13-9-3-1-2-8(12(16)17)10(9)14-11(15)7-4-5-20(18,19)6-7/h1-3,7H,4-6H2,(H,14,15)(H,16,17). The minimum absolute atomic E-state index is 0.00374. The highest BCUT2D eigenvalue weighted by molar-refractivity contribution is 7.91. The fourth-order valence-corrected chi connectivity index (χ4v) is 4.02. The Morgan fingerprint density at radius 3 is 2.60 bits per heavy atom. The molecule has 0 spiro atoms. The summed E-state index contributed by atoms with van der Waals surface area (Å²) in [5, 5.41) is 11.6. The molecule has 1 aliphatic heterocycles. The molecule has 1 atom stereocenters. The second-order valence-corrected chi connectivity index (χ2v) is 7.19. The summed E-state index contributed by atoms with van der Waals surface area (Å²) < 4.78 is 22.7. The molecule has 2 N–H and O–H groups in total. The first-order valence-corrected chi connectivity index (χ1v) is 8.03. The Bertz CT molecular complexity index is 670. The van der Waals surface area contributed by atoms with Crippen LogP contribution in [-0.4, -0.2) is 36.9 Å². The second kappa shape index (κ2) is 5.41. The van der Waals surface area contributed by atoms with Gasteiger partial charge in [0.05, 0.1) is 33.7 Å². The number of rotatable bonds is 3. The molecular weight excluding hydrogens is 306 g/mol. The number of hydrogen-bond acceptors (Lipinski definition) is 4. The average molecular weight is 318 g/mol. The number of sulfone groups is 1. The van der Waals surface area contributed by atoms with E-state index in [0.717, 1.165) is 0 Å². The molecule has 0 aromatic heterocycles. The number of anilines is 1. The first-order chi connectivity index (χ1) is 9.30. The lowest BCUT2D eigenvalue weighted by Gasteiger charge is -2.13. The third kappa shape index (κ3) is 3.10. The van der Waals surface area contributed by atoms with E-state index in [9.17, 15) is 18.0 Å². The van der Waals surface area contributed by atoms with Gasteiger partial charge < -0.3 is 10.4 Å². The molecule has 0 saturated carbocycles. The summed E-state index contributed by atoms with van der Waals surface area (Å²) in [5.74, 6) is -2.66. The van der Waals surface area contributed by atoms with E-state index in [4.69, 9.17) is 16.7 Å². The van der Waals surface area contributed by atoms with Crippen LogP contribution in [0.2, 0.25) is 5.02 Å². The molecule has 1 saturated heterocycles. The summed E-state index contributed by atoms with van der Waals surface area (Å²) in [6.45, 7) is 0. The molecule has 0 aliphatic carbocycles. The lowest BCUT2D eigenvalue weighted by atomic mass is 10.1. The van der Waals surface area contributed by atoms with Crippen LogP contribution in [0.1, 0.15) is 16.8 Å². The van der Waals surface area contributed by atoms with Gasteiger partial charge in [0.25, 0.3) is 0 Å². The molecule has 1 unspecified atom stereocenters. The highest BCUT2D eigenvalue weighted by Gasteiger charge is 2.33. The topological polar surface area (TPSA) is 101 Å². The van der Waals surface area contributed by atoms with Crippen molar-refractivity contribution in [2.45, 2.75) is 6.42 Å². The smallest absolute Gasteiger partial charge is 0.337 e. The fourth-order valence-electron chi connectivity index (χ4n) is 2.06. The molecule has 1 heterocycles. The van der Waals surface area contributed by atoms with E-state index in [1.807, 2.05) is 0 Å². The van der Waals surface area contributed by atoms with Gasteiger partial charge >= 0.3 is 5.97 Å². The number of carboxylic acid groups (broad SMARTS) is 1. The second-order valence-electron chi connectivity index (χ2n) is 4.56. The van der Waals surface area contributed by atoms with Crippen LogP contribution in [0, 0.1) is 5.92 Å². The van der Waals surface area contributed by atoms with Crippen molar-refractivity contribution in [3.8, 4) is 0 Å². The van der Waals surface area contributed by atoms with Crippen molar-refractivity contribution < 1.29 is 23.1 Å². The number of carbonyl (C=O) groups is 2. The van der Waals surface area contributed by atoms with Crippen molar-refractivity contribution in [2.75, 3.05) is 16.8 Å². The third-order valence-corrected chi connectivity index (χ3v) is 5.18. The van der Waals surface area contributed by atoms with E-state index in [0.29, 0.717) is 0 Å². The van der Waals surface area contributed by atoms with Crippen molar-refractivity contribution >= 4 is 39.0 Å². The molecule has 6 nitrogen and oxygen atoms in total. The molecule has 1 aromatic rings. The van der Waals surface area contributed by atoms with E-state index in [1.165, 1.54) is 18.2 Å². The quantitative estimate of drug-likeness (QED) is 0.878. The van der Waals surface area contributed by atoms with Gasteiger partial charge in [0.1, 0.15) is 0 Å². The molecule has 2 rings (SSSR count). The average Bonchev–Trinajstić information content (AvgIpc) is 2.72. The fraction of sp³-hybridized carbons (Fsp3) is 0.333. The van der Waals surface area contributed by atoms with Crippen molar-refractivity contribution in [1.29, 1.82) is 0 Å². The van der Waals surface area contributed by atoms with E-state index in [1.54, 1.807) is 0 Å². The Morgan fingerprint density at radius 1 is 1.35 bits per heavy atom. The molecule has 1 aromatic carbocycles. The van der Waals surface area contributed by atoms with Gasteiger partial charge in [-0.1, -0.05) is 17.7 Å². The van der Waals surface area contributed by atoms with Gasteiger partial charge in [-0.05, 0) is 18.6 Å². The predicted octanol–water partition coefficient (Wildman–Crippen LogP) is 1.41. The van der Waals surface area contributed by atoms with Crippen molar-refractivity contribution in [3.63, 3.8) is 0 Å². The van der Waals surface area contributed by atoms with Crippen molar-refractivity contribution in [2.24, 2.45) is 5.92 Å². The number of halogens is 1. The summed E-state index contributed by atoms with van der Waals surface area (Å²) in [6.07, 6.45) is 0.237. The SMILES string of the molecule is O=C(O)c1cccc(Cl)c1NC(=O)C1CCS(=O)(=O)C1. The number of para-hydroxylation sites is 1. The van der Waals surface area contributed by atoms with Crippen molar-refractivity contribution in [1.82, 2.24) is 0 Å². The zero-order valence-electron chi connectivity index (χ0n) is 10.3. The first-order valence-electron chi connectivity index (χ1n) is 5.83. The Balaban J connectivity index is 2.23. The van der Waals surface area contributed by atoms with Gasteiger partial charge in [0.2, 0.25) is 5.91 Å². The Hall–Kier alpha value is -1.60. The number of hydrogen-bond donors (Lipinski definition) is 2. The molecule has 1 aliphatic rings. The molecular formula is C12H12ClNO5S. The Morgan fingerprint density at radius 2 is 2.05 bits per heavy atom. The number of amides is 1. The summed E-state index contributed by atoms with van der Waals surface area (Å²) >= 11 is 5.88. The Labute approximate surface area is 120 Å². The van der Waals surface area contributed by atoms with Crippen molar-refractivity contribution in [3.05, 3.63) is 28.8 Å².